The Balaban J connectivity index is 1.74. The van der Waals surface area contributed by atoms with E-state index in [0.29, 0.717) is 6.04 Å². The van der Waals surface area contributed by atoms with E-state index in [4.69, 9.17) is 0 Å². The average molecular weight is 210 g/mol. The molecule has 1 saturated heterocycles. The summed E-state index contributed by atoms with van der Waals surface area (Å²) in [5.41, 5.74) is 0. The molecule has 3 nitrogen and oxygen atoms in total. The molecule has 1 aliphatic heterocycles. The fraction of sp³-hybridized carbons (Fsp3) is 0.917. The number of rotatable bonds is 3. The Morgan fingerprint density at radius 2 is 2.07 bits per heavy atom. The highest BCUT2D eigenvalue weighted by Crippen LogP contribution is 2.29. The summed E-state index contributed by atoms with van der Waals surface area (Å²) in [5.74, 6) is 0.951. The molecule has 1 amide bonds. The Morgan fingerprint density at radius 1 is 1.27 bits per heavy atom. The molecule has 86 valence electrons. The molecule has 2 atom stereocenters. The number of nitrogens with one attached hydrogen (secondary N) is 2. The van der Waals surface area contributed by atoms with E-state index in [1.165, 1.54) is 32.1 Å². The summed E-state index contributed by atoms with van der Waals surface area (Å²) in [4.78, 5) is 11.9. The van der Waals surface area contributed by atoms with Crippen molar-refractivity contribution >= 4 is 5.91 Å². The lowest BCUT2D eigenvalue weighted by molar-refractivity contribution is -0.124. The first-order valence-corrected chi connectivity index (χ1v) is 6.31. The summed E-state index contributed by atoms with van der Waals surface area (Å²) in [6.07, 6.45) is 7.32. The molecular formula is C12H22N2O. The molecule has 2 fully saturated rings. The minimum Gasteiger partial charge on any atom is -0.352 e. The van der Waals surface area contributed by atoms with E-state index in [2.05, 4.69) is 17.6 Å². The maximum absolute atomic E-state index is 11.9. The van der Waals surface area contributed by atoms with Gasteiger partial charge in [-0.1, -0.05) is 12.8 Å². The van der Waals surface area contributed by atoms with Gasteiger partial charge >= 0.3 is 0 Å². The van der Waals surface area contributed by atoms with Crippen LogP contribution < -0.4 is 10.6 Å². The second kappa shape index (κ2) is 4.97. The lowest BCUT2D eigenvalue weighted by atomic mass is 9.80. The Kier molecular flexibility index (Phi) is 3.62. The summed E-state index contributed by atoms with van der Waals surface area (Å²) in [6, 6.07) is 0.441. The Bertz CT molecular complexity index is 220. The quantitative estimate of drug-likeness (QED) is 0.740. The lowest BCUT2D eigenvalue weighted by Gasteiger charge is -2.33. The van der Waals surface area contributed by atoms with E-state index < -0.39 is 0 Å². The van der Waals surface area contributed by atoms with Gasteiger partial charge in [-0.15, -0.1) is 0 Å². The molecular weight excluding hydrogens is 188 g/mol. The smallest absolute Gasteiger partial charge is 0.237 e. The first-order chi connectivity index (χ1) is 7.27. The SMILES string of the molecule is CC(NC(=O)C1CCCCN1)C1CCC1. The van der Waals surface area contributed by atoms with Crippen LogP contribution >= 0.6 is 0 Å². The van der Waals surface area contributed by atoms with Gasteiger partial charge in [0.05, 0.1) is 6.04 Å². The van der Waals surface area contributed by atoms with Crippen molar-refractivity contribution in [2.75, 3.05) is 6.54 Å². The topological polar surface area (TPSA) is 41.1 Å². The third-order valence-corrected chi connectivity index (χ3v) is 3.85. The Labute approximate surface area is 92.0 Å². The van der Waals surface area contributed by atoms with E-state index >= 15 is 0 Å². The molecule has 0 aromatic carbocycles. The van der Waals surface area contributed by atoms with Crippen molar-refractivity contribution in [3.05, 3.63) is 0 Å². The van der Waals surface area contributed by atoms with Crippen molar-refractivity contribution in [2.24, 2.45) is 5.92 Å². The fourth-order valence-corrected chi connectivity index (χ4v) is 2.46. The van der Waals surface area contributed by atoms with Gasteiger partial charge < -0.3 is 10.6 Å². The highest BCUT2D eigenvalue weighted by molar-refractivity contribution is 5.82. The van der Waals surface area contributed by atoms with Crippen molar-refractivity contribution in [3.63, 3.8) is 0 Å². The number of piperidine rings is 1. The maximum Gasteiger partial charge on any atom is 0.237 e. The van der Waals surface area contributed by atoms with E-state index in [1.807, 2.05) is 0 Å². The predicted molar refractivity (Wildman–Crippen MR) is 60.6 cm³/mol. The molecule has 15 heavy (non-hydrogen) atoms. The van der Waals surface area contributed by atoms with E-state index in [9.17, 15) is 4.79 Å². The third kappa shape index (κ3) is 2.71. The summed E-state index contributed by atoms with van der Waals surface area (Å²) < 4.78 is 0. The highest BCUT2D eigenvalue weighted by Gasteiger charge is 2.27. The molecule has 0 aromatic heterocycles. The minimum atomic E-state index is 0.0706. The molecule has 0 aromatic rings. The first-order valence-electron chi connectivity index (χ1n) is 6.31. The van der Waals surface area contributed by atoms with Gasteiger partial charge in [-0.3, -0.25) is 4.79 Å². The number of hydrogen-bond donors (Lipinski definition) is 2. The summed E-state index contributed by atoms with van der Waals surface area (Å²) in [6.45, 7) is 3.14. The number of hydrogen-bond acceptors (Lipinski definition) is 2. The fourth-order valence-electron chi connectivity index (χ4n) is 2.46. The lowest BCUT2D eigenvalue weighted by Crippen LogP contribution is -2.51. The number of carbonyl (C=O) groups is 1. The highest BCUT2D eigenvalue weighted by atomic mass is 16.2. The predicted octanol–water partition coefficient (Wildman–Crippen LogP) is 1.43. The summed E-state index contributed by atoms with van der Waals surface area (Å²) in [5, 5.41) is 6.44. The molecule has 1 heterocycles. The van der Waals surface area contributed by atoms with Gasteiger partial charge in [0.25, 0.3) is 0 Å². The van der Waals surface area contributed by atoms with Crippen LogP contribution in [0, 0.1) is 5.92 Å². The first kappa shape index (κ1) is 10.9. The molecule has 2 unspecified atom stereocenters. The molecule has 0 bridgehead atoms. The molecule has 2 rings (SSSR count). The zero-order valence-corrected chi connectivity index (χ0v) is 9.59. The van der Waals surface area contributed by atoms with Crippen molar-refractivity contribution in [3.8, 4) is 0 Å². The van der Waals surface area contributed by atoms with Crippen LogP contribution in [0.2, 0.25) is 0 Å². The molecule has 2 aliphatic rings. The van der Waals surface area contributed by atoms with E-state index in [1.54, 1.807) is 0 Å². The number of carbonyl (C=O) groups excluding carboxylic acids is 1. The second-order valence-electron chi connectivity index (χ2n) is 4.99. The third-order valence-electron chi connectivity index (χ3n) is 3.85. The number of amides is 1. The molecule has 0 radical (unpaired) electrons. The van der Waals surface area contributed by atoms with Crippen LogP contribution in [0.15, 0.2) is 0 Å². The monoisotopic (exact) mass is 210 g/mol. The van der Waals surface area contributed by atoms with Gasteiger partial charge in [-0.2, -0.15) is 0 Å². The standard InChI is InChI=1S/C12H22N2O/c1-9(10-5-4-6-10)14-12(15)11-7-2-3-8-13-11/h9-11,13H,2-8H2,1H3,(H,14,15). The summed E-state index contributed by atoms with van der Waals surface area (Å²) >= 11 is 0. The van der Waals surface area contributed by atoms with Crippen LogP contribution in [0.25, 0.3) is 0 Å². The second-order valence-corrected chi connectivity index (χ2v) is 4.99. The molecule has 3 heteroatoms. The minimum absolute atomic E-state index is 0.0706. The molecule has 0 spiro atoms. The van der Waals surface area contributed by atoms with Crippen molar-refractivity contribution < 1.29 is 4.79 Å². The van der Waals surface area contributed by atoms with Crippen molar-refractivity contribution in [1.29, 1.82) is 0 Å². The summed E-state index contributed by atoms with van der Waals surface area (Å²) in [7, 11) is 0. The van der Waals surface area contributed by atoms with Gasteiger partial charge in [0.15, 0.2) is 0 Å². The van der Waals surface area contributed by atoms with Crippen LogP contribution in [-0.4, -0.2) is 24.5 Å². The van der Waals surface area contributed by atoms with Crippen molar-refractivity contribution in [2.45, 2.75) is 57.5 Å². The van der Waals surface area contributed by atoms with Crippen LogP contribution in [0.4, 0.5) is 0 Å². The zero-order valence-electron chi connectivity index (χ0n) is 9.59. The van der Waals surface area contributed by atoms with Crippen LogP contribution in [-0.2, 0) is 4.79 Å². The average Bonchev–Trinajstić information content (AvgIpc) is 2.16. The normalized spacial score (nSPS) is 29.3. The van der Waals surface area contributed by atoms with Crippen LogP contribution in [0.1, 0.15) is 45.4 Å². The molecule has 1 saturated carbocycles. The van der Waals surface area contributed by atoms with Gasteiger partial charge in [0.2, 0.25) is 5.91 Å². The van der Waals surface area contributed by atoms with Crippen LogP contribution in [0.3, 0.4) is 0 Å². The van der Waals surface area contributed by atoms with Gasteiger partial charge in [-0.05, 0) is 45.1 Å². The molecule has 1 aliphatic carbocycles. The van der Waals surface area contributed by atoms with Gasteiger partial charge in [0.1, 0.15) is 0 Å². The van der Waals surface area contributed by atoms with Crippen molar-refractivity contribution in [1.82, 2.24) is 10.6 Å². The Morgan fingerprint density at radius 3 is 2.60 bits per heavy atom. The molecule has 2 N–H and O–H groups in total. The van der Waals surface area contributed by atoms with Gasteiger partial charge in [-0.25, -0.2) is 0 Å². The Hall–Kier alpha value is -0.570. The van der Waals surface area contributed by atoms with Gasteiger partial charge in [0, 0.05) is 6.04 Å². The largest absolute Gasteiger partial charge is 0.352 e. The van der Waals surface area contributed by atoms with Crippen LogP contribution in [0.5, 0.6) is 0 Å². The maximum atomic E-state index is 11.9. The van der Waals surface area contributed by atoms with E-state index in [-0.39, 0.29) is 11.9 Å². The zero-order chi connectivity index (χ0) is 10.7. The van der Waals surface area contributed by atoms with E-state index in [0.717, 1.165) is 18.9 Å².